The zero-order valence-corrected chi connectivity index (χ0v) is 15.1. The highest BCUT2D eigenvalue weighted by atomic mass is 16.5. The fourth-order valence-electron chi connectivity index (χ4n) is 3.23. The standard InChI is InChI=1S/C19H28N2O4/c1-14(2)19(23)21(15-7-8-15)13-18(22)20(11-16-5-3-9-24-16)12-17-6-4-10-25-17/h3,5,9,14-15,17H,4,6-8,10-13H2,1-2H3/t17-/m0/s1. The van der Waals surface area contributed by atoms with Crippen LogP contribution >= 0.6 is 0 Å². The van der Waals surface area contributed by atoms with Crippen molar-refractivity contribution in [3.63, 3.8) is 0 Å². The Hall–Kier alpha value is -1.82. The first-order valence-electron chi connectivity index (χ1n) is 9.27. The molecule has 0 aromatic carbocycles. The Morgan fingerprint density at radius 1 is 1.28 bits per heavy atom. The molecule has 1 aromatic heterocycles. The van der Waals surface area contributed by atoms with Crippen molar-refractivity contribution in [2.45, 2.75) is 58.2 Å². The monoisotopic (exact) mass is 348 g/mol. The molecule has 2 fully saturated rings. The van der Waals surface area contributed by atoms with Crippen LogP contribution < -0.4 is 0 Å². The van der Waals surface area contributed by atoms with Crippen LogP contribution in [0.15, 0.2) is 22.8 Å². The summed E-state index contributed by atoms with van der Waals surface area (Å²) in [5.41, 5.74) is 0. The van der Waals surface area contributed by atoms with Crippen LogP contribution in [0.4, 0.5) is 0 Å². The second-order valence-corrected chi connectivity index (χ2v) is 7.34. The lowest BCUT2D eigenvalue weighted by atomic mass is 10.2. The molecule has 0 N–H and O–H groups in total. The molecule has 1 saturated heterocycles. The Kier molecular flexibility index (Phi) is 5.78. The molecule has 138 valence electrons. The van der Waals surface area contributed by atoms with Crippen molar-refractivity contribution in [1.29, 1.82) is 0 Å². The zero-order chi connectivity index (χ0) is 17.8. The third-order valence-corrected chi connectivity index (χ3v) is 4.80. The van der Waals surface area contributed by atoms with Crippen molar-refractivity contribution >= 4 is 11.8 Å². The topological polar surface area (TPSA) is 63.0 Å². The molecule has 1 aromatic rings. The van der Waals surface area contributed by atoms with Gasteiger partial charge < -0.3 is 19.0 Å². The van der Waals surface area contributed by atoms with Gasteiger partial charge in [-0.05, 0) is 37.8 Å². The second kappa shape index (κ2) is 8.04. The van der Waals surface area contributed by atoms with Crippen LogP contribution in [0.1, 0.15) is 45.3 Å². The second-order valence-electron chi connectivity index (χ2n) is 7.34. The molecule has 1 saturated carbocycles. The molecule has 1 aliphatic heterocycles. The van der Waals surface area contributed by atoms with Crippen LogP contribution in [0.3, 0.4) is 0 Å². The summed E-state index contributed by atoms with van der Waals surface area (Å²) in [4.78, 5) is 29.0. The minimum absolute atomic E-state index is 0.0344. The largest absolute Gasteiger partial charge is 0.467 e. The molecule has 1 aliphatic carbocycles. The van der Waals surface area contributed by atoms with E-state index in [2.05, 4.69) is 0 Å². The van der Waals surface area contributed by atoms with E-state index >= 15 is 0 Å². The van der Waals surface area contributed by atoms with Crippen LogP contribution in [0.2, 0.25) is 0 Å². The minimum atomic E-state index is -0.0925. The number of nitrogens with zero attached hydrogens (tertiary/aromatic N) is 2. The number of rotatable bonds is 8. The van der Waals surface area contributed by atoms with Gasteiger partial charge in [-0.3, -0.25) is 9.59 Å². The fraction of sp³-hybridized carbons (Fsp3) is 0.684. The summed E-state index contributed by atoms with van der Waals surface area (Å²) in [5, 5.41) is 0. The molecule has 3 rings (SSSR count). The lowest BCUT2D eigenvalue weighted by Crippen LogP contribution is -2.46. The van der Waals surface area contributed by atoms with E-state index in [-0.39, 0.29) is 36.4 Å². The van der Waals surface area contributed by atoms with E-state index in [1.165, 1.54) is 0 Å². The Labute approximate surface area is 149 Å². The Balaban J connectivity index is 1.67. The first-order chi connectivity index (χ1) is 12.0. The van der Waals surface area contributed by atoms with Gasteiger partial charge in [0.2, 0.25) is 11.8 Å². The van der Waals surface area contributed by atoms with Crippen LogP contribution in [0, 0.1) is 5.92 Å². The maximum atomic E-state index is 13.0. The number of carbonyl (C=O) groups excluding carboxylic acids is 2. The van der Waals surface area contributed by atoms with E-state index in [0.29, 0.717) is 13.1 Å². The average Bonchev–Trinajstić information content (AvgIpc) is 3.07. The first kappa shape index (κ1) is 18.0. The van der Waals surface area contributed by atoms with Gasteiger partial charge in [-0.15, -0.1) is 0 Å². The zero-order valence-electron chi connectivity index (χ0n) is 15.1. The average molecular weight is 348 g/mol. The van der Waals surface area contributed by atoms with Crippen molar-refractivity contribution < 1.29 is 18.7 Å². The van der Waals surface area contributed by atoms with E-state index in [0.717, 1.165) is 38.1 Å². The molecule has 2 aliphatic rings. The summed E-state index contributed by atoms with van der Waals surface area (Å²) < 4.78 is 11.1. The molecule has 6 heteroatoms. The number of amides is 2. The molecule has 0 radical (unpaired) electrons. The van der Waals surface area contributed by atoms with E-state index in [1.54, 1.807) is 16.1 Å². The number of carbonyl (C=O) groups is 2. The van der Waals surface area contributed by atoms with E-state index < -0.39 is 0 Å². The van der Waals surface area contributed by atoms with Crippen molar-refractivity contribution in [2.75, 3.05) is 19.7 Å². The molecule has 0 unspecified atom stereocenters. The Morgan fingerprint density at radius 2 is 2.08 bits per heavy atom. The van der Waals surface area contributed by atoms with Gasteiger partial charge in [0.15, 0.2) is 0 Å². The minimum Gasteiger partial charge on any atom is -0.467 e. The lowest BCUT2D eigenvalue weighted by Gasteiger charge is -2.29. The highest BCUT2D eigenvalue weighted by Crippen LogP contribution is 2.28. The molecule has 0 bridgehead atoms. The summed E-state index contributed by atoms with van der Waals surface area (Å²) >= 11 is 0. The molecular weight excluding hydrogens is 320 g/mol. The highest BCUT2D eigenvalue weighted by Gasteiger charge is 2.36. The molecule has 2 heterocycles. The SMILES string of the molecule is CC(C)C(=O)N(CC(=O)N(Cc1ccco1)C[C@@H]1CCCO1)C1CC1. The molecule has 6 nitrogen and oxygen atoms in total. The van der Waals surface area contributed by atoms with Gasteiger partial charge in [0, 0.05) is 25.1 Å². The third kappa shape index (κ3) is 4.84. The number of hydrogen-bond donors (Lipinski definition) is 0. The maximum Gasteiger partial charge on any atom is 0.242 e. The predicted molar refractivity (Wildman–Crippen MR) is 92.7 cm³/mol. The smallest absolute Gasteiger partial charge is 0.242 e. The van der Waals surface area contributed by atoms with Gasteiger partial charge in [0.25, 0.3) is 0 Å². The summed E-state index contributed by atoms with van der Waals surface area (Å²) in [6.07, 6.45) is 5.69. The quantitative estimate of drug-likeness (QED) is 0.724. The van der Waals surface area contributed by atoms with Gasteiger partial charge in [-0.2, -0.15) is 0 Å². The Bertz CT molecular complexity index is 574. The van der Waals surface area contributed by atoms with Crippen LogP contribution in [-0.4, -0.2) is 53.5 Å². The van der Waals surface area contributed by atoms with Crippen molar-refractivity contribution in [3.8, 4) is 0 Å². The summed E-state index contributed by atoms with van der Waals surface area (Å²) in [6.45, 7) is 5.64. The van der Waals surface area contributed by atoms with Gasteiger partial charge in [0.05, 0.1) is 18.9 Å². The van der Waals surface area contributed by atoms with Crippen molar-refractivity contribution in [2.24, 2.45) is 5.92 Å². The Morgan fingerprint density at radius 3 is 2.64 bits per heavy atom. The molecule has 1 atom stereocenters. The highest BCUT2D eigenvalue weighted by molar-refractivity contribution is 5.86. The van der Waals surface area contributed by atoms with E-state index in [9.17, 15) is 9.59 Å². The van der Waals surface area contributed by atoms with Gasteiger partial charge in [0.1, 0.15) is 12.3 Å². The molecule has 0 spiro atoms. The van der Waals surface area contributed by atoms with Crippen molar-refractivity contribution in [3.05, 3.63) is 24.2 Å². The van der Waals surface area contributed by atoms with Crippen molar-refractivity contribution in [1.82, 2.24) is 9.80 Å². The summed E-state index contributed by atoms with van der Waals surface area (Å²) in [5.74, 6) is 0.684. The van der Waals surface area contributed by atoms with Gasteiger partial charge in [-0.25, -0.2) is 0 Å². The first-order valence-corrected chi connectivity index (χ1v) is 9.27. The fourth-order valence-corrected chi connectivity index (χ4v) is 3.23. The van der Waals surface area contributed by atoms with Crippen LogP contribution in [-0.2, 0) is 20.9 Å². The molecule has 25 heavy (non-hydrogen) atoms. The summed E-state index contributed by atoms with van der Waals surface area (Å²) in [6, 6.07) is 3.92. The maximum absolute atomic E-state index is 13.0. The van der Waals surface area contributed by atoms with Crippen LogP contribution in [0.25, 0.3) is 0 Å². The summed E-state index contributed by atoms with van der Waals surface area (Å²) in [7, 11) is 0. The normalized spacial score (nSPS) is 20.0. The van der Waals surface area contributed by atoms with Gasteiger partial charge >= 0.3 is 0 Å². The van der Waals surface area contributed by atoms with Crippen LogP contribution in [0.5, 0.6) is 0 Å². The molecular formula is C19H28N2O4. The molecule has 2 amide bonds. The predicted octanol–water partition coefficient (Wildman–Crippen LogP) is 2.43. The number of hydrogen-bond acceptors (Lipinski definition) is 4. The number of ether oxygens (including phenoxy) is 1. The van der Waals surface area contributed by atoms with E-state index in [4.69, 9.17) is 9.15 Å². The van der Waals surface area contributed by atoms with E-state index in [1.807, 2.05) is 26.0 Å². The number of furan rings is 1. The third-order valence-electron chi connectivity index (χ3n) is 4.80. The van der Waals surface area contributed by atoms with Gasteiger partial charge in [-0.1, -0.05) is 13.8 Å². The lowest BCUT2D eigenvalue weighted by molar-refractivity contribution is -0.144.